The highest BCUT2D eigenvalue weighted by Gasteiger charge is 2.02. The monoisotopic (exact) mass is 227 g/mol. The minimum absolute atomic E-state index is 0.230. The van der Waals surface area contributed by atoms with E-state index in [1.165, 1.54) is 7.11 Å². The molecule has 0 spiro atoms. The quantitative estimate of drug-likeness (QED) is 0.804. The molecule has 0 saturated carbocycles. The summed E-state index contributed by atoms with van der Waals surface area (Å²) in [5.74, 6) is -0.230. The first kappa shape index (κ1) is 11.9. The van der Waals surface area contributed by atoms with E-state index < -0.39 is 0 Å². The van der Waals surface area contributed by atoms with Crippen LogP contribution < -0.4 is 5.32 Å². The van der Waals surface area contributed by atoms with Crippen LogP contribution in [0.1, 0.15) is 12.0 Å². The number of esters is 1. The smallest absolute Gasteiger partial charge is 0.307 e. The Hall–Kier alpha value is -1.22. The molecule has 1 aromatic carbocycles. The van der Waals surface area contributed by atoms with E-state index in [4.69, 9.17) is 11.6 Å². The average Bonchev–Trinajstić information content (AvgIpc) is 2.23. The highest BCUT2D eigenvalue weighted by molar-refractivity contribution is 6.33. The maximum absolute atomic E-state index is 10.9. The Morgan fingerprint density at radius 3 is 2.93 bits per heavy atom. The van der Waals surface area contributed by atoms with Crippen molar-refractivity contribution < 1.29 is 9.53 Å². The molecule has 15 heavy (non-hydrogen) atoms. The molecule has 1 rings (SSSR count). The Balaban J connectivity index is 2.50. The van der Waals surface area contributed by atoms with E-state index in [9.17, 15) is 4.79 Å². The van der Waals surface area contributed by atoms with Crippen LogP contribution in [0.3, 0.4) is 0 Å². The molecule has 0 amide bonds. The molecule has 1 N–H and O–H groups in total. The van der Waals surface area contributed by atoms with Crippen LogP contribution in [0.4, 0.5) is 5.69 Å². The number of halogens is 1. The molecule has 0 radical (unpaired) electrons. The number of rotatable bonds is 4. The molecule has 0 aliphatic rings. The number of hydrogen-bond acceptors (Lipinski definition) is 3. The summed E-state index contributed by atoms with van der Waals surface area (Å²) in [6.07, 6.45) is 0.334. The van der Waals surface area contributed by atoms with Crippen molar-refractivity contribution in [1.82, 2.24) is 0 Å². The summed E-state index contributed by atoms with van der Waals surface area (Å²) < 4.78 is 4.53. The van der Waals surface area contributed by atoms with Gasteiger partial charge in [0, 0.05) is 6.54 Å². The summed E-state index contributed by atoms with van der Waals surface area (Å²) in [4.78, 5) is 10.9. The van der Waals surface area contributed by atoms with Gasteiger partial charge in [0.2, 0.25) is 0 Å². The normalized spacial score (nSPS) is 9.80. The topological polar surface area (TPSA) is 38.3 Å². The lowest BCUT2D eigenvalue weighted by Gasteiger charge is -2.08. The molecular formula is C11H14ClNO2. The largest absolute Gasteiger partial charge is 0.469 e. The first-order valence-electron chi connectivity index (χ1n) is 4.70. The van der Waals surface area contributed by atoms with Gasteiger partial charge < -0.3 is 10.1 Å². The lowest BCUT2D eigenvalue weighted by atomic mass is 10.2. The predicted octanol–water partition coefficient (Wildman–Crippen LogP) is 2.62. The average molecular weight is 228 g/mol. The number of carbonyl (C=O) groups excluding carboxylic acids is 1. The van der Waals surface area contributed by atoms with Gasteiger partial charge in [-0.3, -0.25) is 4.79 Å². The molecule has 82 valence electrons. The lowest BCUT2D eigenvalue weighted by molar-refractivity contribution is -0.140. The van der Waals surface area contributed by atoms with Gasteiger partial charge in [-0.05, 0) is 24.6 Å². The second kappa shape index (κ2) is 5.61. The van der Waals surface area contributed by atoms with E-state index in [1.54, 1.807) is 0 Å². The van der Waals surface area contributed by atoms with Crippen LogP contribution >= 0.6 is 11.6 Å². The van der Waals surface area contributed by atoms with Crippen LogP contribution in [-0.4, -0.2) is 19.6 Å². The Labute approximate surface area is 94.4 Å². The van der Waals surface area contributed by atoms with E-state index >= 15 is 0 Å². The van der Waals surface area contributed by atoms with Gasteiger partial charge >= 0.3 is 5.97 Å². The van der Waals surface area contributed by atoms with Crippen LogP contribution in [0.15, 0.2) is 18.2 Å². The van der Waals surface area contributed by atoms with Crippen molar-refractivity contribution in [3.63, 3.8) is 0 Å². The summed E-state index contributed by atoms with van der Waals surface area (Å²) in [6, 6.07) is 5.71. The minimum atomic E-state index is -0.230. The zero-order valence-corrected chi connectivity index (χ0v) is 9.60. The van der Waals surface area contributed by atoms with Gasteiger partial charge in [-0.2, -0.15) is 0 Å². The number of hydrogen-bond donors (Lipinski definition) is 1. The molecule has 0 unspecified atom stereocenters. The van der Waals surface area contributed by atoms with Gasteiger partial charge in [0.25, 0.3) is 0 Å². The van der Waals surface area contributed by atoms with E-state index in [1.807, 2.05) is 25.1 Å². The molecule has 0 aromatic heterocycles. The zero-order chi connectivity index (χ0) is 11.3. The number of anilines is 1. The fourth-order valence-corrected chi connectivity index (χ4v) is 1.36. The molecular weight excluding hydrogens is 214 g/mol. The number of methoxy groups -OCH3 is 1. The summed E-state index contributed by atoms with van der Waals surface area (Å²) in [5.41, 5.74) is 1.97. The Bertz CT molecular complexity index is 352. The molecule has 0 aliphatic heterocycles. The third-order valence-corrected chi connectivity index (χ3v) is 2.32. The second-order valence-corrected chi connectivity index (χ2v) is 3.64. The maximum Gasteiger partial charge on any atom is 0.307 e. The standard InChI is InChI=1S/C11H14ClNO2/c1-8-3-4-9(12)10(7-8)13-6-5-11(14)15-2/h3-4,7,13H,5-6H2,1-2H3. The summed E-state index contributed by atoms with van der Waals surface area (Å²) in [5, 5.41) is 3.74. The Morgan fingerprint density at radius 2 is 2.27 bits per heavy atom. The van der Waals surface area contributed by atoms with Gasteiger partial charge in [0.15, 0.2) is 0 Å². The van der Waals surface area contributed by atoms with Gasteiger partial charge in [-0.25, -0.2) is 0 Å². The summed E-state index contributed by atoms with van der Waals surface area (Å²) in [7, 11) is 1.38. The number of carbonyl (C=O) groups is 1. The number of benzene rings is 1. The molecule has 0 heterocycles. The Kier molecular flexibility index (Phi) is 4.43. The van der Waals surface area contributed by atoms with Gasteiger partial charge in [-0.1, -0.05) is 17.7 Å². The Morgan fingerprint density at radius 1 is 1.53 bits per heavy atom. The van der Waals surface area contributed by atoms with E-state index in [2.05, 4.69) is 10.1 Å². The number of aryl methyl sites for hydroxylation is 1. The van der Waals surface area contributed by atoms with Gasteiger partial charge in [-0.15, -0.1) is 0 Å². The first-order chi connectivity index (χ1) is 7.13. The molecule has 0 bridgehead atoms. The predicted molar refractivity (Wildman–Crippen MR) is 61.3 cm³/mol. The van der Waals surface area contributed by atoms with Crippen molar-refractivity contribution in [2.24, 2.45) is 0 Å². The van der Waals surface area contributed by atoms with E-state index in [-0.39, 0.29) is 5.97 Å². The summed E-state index contributed by atoms with van der Waals surface area (Å²) in [6.45, 7) is 2.51. The van der Waals surface area contributed by atoms with Crippen molar-refractivity contribution in [3.8, 4) is 0 Å². The number of nitrogens with one attached hydrogen (secondary N) is 1. The lowest BCUT2D eigenvalue weighted by Crippen LogP contribution is -2.09. The van der Waals surface area contributed by atoms with Crippen molar-refractivity contribution in [2.45, 2.75) is 13.3 Å². The van der Waals surface area contributed by atoms with Crippen molar-refractivity contribution in [3.05, 3.63) is 28.8 Å². The van der Waals surface area contributed by atoms with Crippen molar-refractivity contribution in [1.29, 1.82) is 0 Å². The van der Waals surface area contributed by atoms with Gasteiger partial charge in [0.1, 0.15) is 0 Å². The van der Waals surface area contributed by atoms with Crippen molar-refractivity contribution >= 4 is 23.3 Å². The minimum Gasteiger partial charge on any atom is -0.469 e. The van der Waals surface area contributed by atoms with E-state index in [0.29, 0.717) is 18.0 Å². The molecule has 1 aromatic rings. The molecule has 0 saturated heterocycles. The summed E-state index contributed by atoms with van der Waals surface area (Å²) >= 11 is 5.97. The fourth-order valence-electron chi connectivity index (χ4n) is 1.18. The first-order valence-corrected chi connectivity index (χ1v) is 5.08. The fraction of sp³-hybridized carbons (Fsp3) is 0.364. The number of ether oxygens (including phenoxy) is 1. The van der Waals surface area contributed by atoms with Crippen LogP contribution in [-0.2, 0) is 9.53 Å². The van der Waals surface area contributed by atoms with Crippen LogP contribution in [0.25, 0.3) is 0 Å². The zero-order valence-electron chi connectivity index (χ0n) is 8.84. The SMILES string of the molecule is COC(=O)CCNc1cc(C)ccc1Cl. The van der Waals surface area contributed by atoms with Gasteiger partial charge in [0.05, 0.1) is 24.2 Å². The third-order valence-electron chi connectivity index (χ3n) is 1.99. The maximum atomic E-state index is 10.9. The van der Waals surface area contributed by atoms with Crippen molar-refractivity contribution in [2.75, 3.05) is 19.0 Å². The molecule has 0 fully saturated rings. The second-order valence-electron chi connectivity index (χ2n) is 3.24. The molecule has 4 heteroatoms. The molecule has 3 nitrogen and oxygen atoms in total. The van der Waals surface area contributed by atoms with Crippen LogP contribution in [0, 0.1) is 6.92 Å². The molecule has 0 atom stereocenters. The van der Waals surface area contributed by atoms with Crippen LogP contribution in [0.2, 0.25) is 5.02 Å². The molecule has 0 aliphatic carbocycles. The highest BCUT2D eigenvalue weighted by atomic mass is 35.5. The third kappa shape index (κ3) is 3.80. The van der Waals surface area contributed by atoms with E-state index in [0.717, 1.165) is 11.3 Å². The highest BCUT2D eigenvalue weighted by Crippen LogP contribution is 2.22. The van der Waals surface area contributed by atoms with Crippen LogP contribution in [0.5, 0.6) is 0 Å².